The zero-order chi connectivity index (χ0) is 14.2. The lowest BCUT2D eigenvalue weighted by Gasteiger charge is -2.34. The van der Waals surface area contributed by atoms with Crippen LogP contribution in [0.5, 0.6) is 0 Å². The van der Waals surface area contributed by atoms with Gasteiger partial charge in [0.05, 0.1) is 5.69 Å². The smallest absolute Gasteiger partial charge is 0.250 e. The van der Waals surface area contributed by atoms with Crippen molar-refractivity contribution in [3.63, 3.8) is 0 Å². The number of rotatable bonds is 2. The predicted octanol–water partition coefficient (Wildman–Crippen LogP) is 1.45. The fraction of sp³-hybridized carbons (Fsp3) is 0.385. The second-order valence-electron chi connectivity index (χ2n) is 4.79. The van der Waals surface area contributed by atoms with Crippen LogP contribution in [0.15, 0.2) is 18.2 Å². The van der Waals surface area contributed by atoms with E-state index >= 15 is 0 Å². The van der Waals surface area contributed by atoms with E-state index in [1.807, 2.05) is 0 Å². The van der Waals surface area contributed by atoms with Gasteiger partial charge < -0.3 is 5.32 Å². The Morgan fingerprint density at radius 1 is 1.32 bits per heavy atom. The number of hydrogen-bond acceptors (Lipinski definition) is 2. The first-order valence-electron chi connectivity index (χ1n) is 5.96. The van der Waals surface area contributed by atoms with Gasteiger partial charge in [-0.1, -0.05) is 19.9 Å². The number of benzene rings is 1. The van der Waals surface area contributed by atoms with Gasteiger partial charge in [-0.25, -0.2) is 8.78 Å². The molecule has 1 aromatic rings. The number of nitrogens with one attached hydrogen (secondary N) is 1. The molecule has 2 rings (SSSR count). The van der Waals surface area contributed by atoms with Crippen LogP contribution in [0.3, 0.4) is 0 Å². The minimum absolute atomic E-state index is 0.129. The number of amides is 2. The molecule has 1 aliphatic rings. The summed E-state index contributed by atoms with van der Waals surface area (Å²) in [4.78, 5) is 24.8. The Balaban J connectivity index is 2.40. The minimum Gasteiger partial charge on any atom is -0.342 e. The van der Waals surface area contributed by atoms with Crippen LogP contribution in [0.25, 0.3) is 0 Å². The zero-order valence-corrected chi connectivity index (χ0v) is 10.6. The van der Waals surface area contributed by atoms with Crippen LogP contribution in [0.1, 0.15) is 13.8 Å². The third-order valence-electron chi connectivity index (χ3n) is 3.04. The fourth-order valence-electron chi connectivity index (χ4n) is 2.03. The van der Waals surface area contributed by atoms with Crippen LogP contribution in [0.4, 0.5) is 14.5 Å². The molecular weight excluding hydrogens is 254 g/mol. The second-order valence-corrected chi connectivity index (χ2v) is 4.79. The number of halogens is 2. The number of anilines is 1. The molecule has 1 fully saturated rings. The molecule has 4 nitrogen and oxygen atoms in total. The first kappa shape index (κ1) is 13.5. The van der Waals surface area contributed by atoms with Gasteiger partial charge >= 0.3 is 0 Å². The van der Waals surface area contributed by atoms with Crippen LogP contribution in [-0.4, -0.2) is 24.4 Å². The van der Waals surface area contributed by atoms with Gasteiger partial charge in [-0.15, -0.1) is 0 Å². The lowest BCUT2D eigenvalue weighted by Crippen LogP contribution is -2.60. The summed E-state index contributed by atoms with van der Waals surface area (Å²) in [6, 6.07) is 2.83. The Kier molecular flexibility index (Phi) is 3.50. The van der Waals surface area contributed by atoms with Crippen molar-refractivity contribution in [2.45, 2.75) is 19.9 Å². The van der Waals surface area contributed by atoms with Gasteiger partial charge in [0.2, 0.25) is 11.8 Å². The predicted molar refractivity (Wildman–Crippen MR) is 65.5 cm³/mol. The lowest BCUT2D eigenvalue weighted by molar-refractivity contribution is -0.132. The second kappa shape index (κ2) is 4.95. The molecule has 1 unspecified atom stereocenters. The molecular formula is C13H14F2N2O2. The molecule has 0 aliphatic carbocycles. The third kappa shape index (κ3) is 2.43. The van der Waals surface area contributed by atoms with E-state index in [2.05, 4.69) is 5.32 Å². The molecule has 2 amide bonds. The molecule has 1 aliphatic heterocycles. The van der Waals surface area contributed by atoms with Gasteiger partial charge in [0.25, 0.3) is 0 Å². The topological polar surface area (TPSA) is 49.4 Å². The highest BCUT2D eigenvalue weighted by Gasteiger charge is 2.36. The first-order valence-corrected chi connectivity index (χ1v) is 5.96. The van der Waals surface area contributed by atoms with Gasteiger partial charge in [-0.2, -0.15) is 0 Å². The van der Waals surface area contributed by atoms with E-state index in [9.17, 15) is 18.4 Å². The van der Waals surface area contributed by atoms with E-state index in [1.54, 1.807) is 13.8 Å². The highest BCUT2D eigenvalue weighted by molar-refractivity contribution is 6.06. The molecule has 0 saturated carbocycles. The van der Waals surface area contributed by atoms with Gasteiger partial charge in [0.15, 0.2) is 11.6 Å². The number of carbonyl (C=O) groups is 2. The van der Waals surface area contributed by atoms with Crippen molar-refractivity contribution in [3.8, 4) is 0 Å². The zero-order valence-electron chi connectivity index (χ0n) is 10.6. The molecule has 0 aromatic heterocycles. The van der Waals surface area contributed by atoms with Crippen LogP contribution in [0.2, 0.25) is 0 Å². The highest BCUT2D eigenvalue weighted by Crippen LogP contribution is 2.24. The van der Waals surface area contributed by atoms with Crippen molar-refractivity contribution < 1.29 is 18.4 Å². The molecule has 1 atom stereocenters. The summed E-state index contributed by atoms with van der Waals surface area (Å²) in [5.74, 6) is -3.11. The molecule has 0 radical (unpaired) electrons. The Bertz CT molecular complexity index is 531. The van der Waals surface area contributed by atoms with E-state index in [-0.39, 0.29) is 24.1 Å². The molecule has 102 valence electrons. The Morgan fingerprint density at radius 2 is 2.00 bits per heavy atom. The van der Waals surface area contributed by atoms with Crippen LogP contribution < -0.4 is 10.2 Å². The van der Waals surface area contributed by atoms with Crippen molar-refractivity contribution in [3.05, 3.63) is 29.8 Å². The third-order valence-corrected chi connectivity index (χ3v) is 3.04. The van der Waals surface area contributed by atoms with Crippen LogP contribution in [0, 0.1) is 17.6 Å². The van der Waals surface area contributed by atoms with Crippen molar-refractivity contribution in [1.29, 1.82) is 0 Å². The number of piperazine rings is 1. The number of nitrogens with zero attached hydrogens (tertiary/aromatic N) is 1. The first-order chi connectivity index (χ1) is 8.91. The highest BCUT2D eigenvalue weighted by atomic mass is 19.2. The monoisotopic (exact) mass is 268 g/mol. The summed E-state index contributed by atoms with van der Waals surface area (Å²) in [5, 5.41) is 2.55. The van der Waals surface area contributed by atoms with Crippen LogP contribution in [-0.2, 0) is 9.59 Å². The Labute approximate surface area is 109 Å². The molecule has 1 aromatic carbocycles. The number of carbonyl (C=O) groups excluding carboxylic acids is 2. The fourth-order valence-corrected chi connectivity index (χ4v) is 2.03. The van der Waals surface area contributed by atoms with E-state index in [0.717, 1.165) is 11.0 Å². The molecule has 0 spiro atoms. The maximum absolute atomic E-state index is 13.7. The van der Waals surface area contributed by atoms with Gasteiger partial charge in [-0.05, 0) is 18.1 Å². The summed E-state index contributed by atoms with van der Waals surface area (Å²) in [5.41, 5.74) is -0.203. The normalized spacial score (nSPS) is 19.8. The van der Waals surface area contributed by atoms with Crippen LogP contribution >= 0.6 is 0 Å². The molecule has 6 heteroatoms. The largest absolute Gasteiger partial charge is 0.342 e. The van der Waals surface area contributed by atoms with Crippen molar-refractivity contribution >= 4 is 17.5 Å². The lowest BCUT2D eigenvalue weighted by atomic mass is 10.0. The summed E-state index contributed by atoms with van der Waals surface area (Å²) >= 11 is 0. The van der Waals surface area contributed by atoms with E-state index in [4.69, 9.17) is 0 Å². The molecule has 1 heterocycles. The average molecular weight is 268 g/mol. The van der Waals surface area contributed by atoms with Gasteiger partial charge in [0, 0.05) is 0 Å². The molecule has 19 heavy (non-hydrogen) atoms. The van der Waals surface area contributed by atoms with E-state index in [0.29, 0.717) is 0 Å². The average Bonchev–Trinajstić information content (AvgIpc) is 2.35. The van der Waals surface area contributed by atoms with Gasteiger partial charge in [0.1, 0.15) is 12.6 Å². The van der Waals surface area contributed by atoms with Crippen molar-refractivity contribution in [2.24, 2.45) is 5.92 Å². The van der Waals surface area contributed by atoms with Crippen molar-refractivity contribution in [2.75, 3.05) is 11.4 Å². The Hall–Kier alpha value is -1.98. The minimum atomic E-state index is -1.12. The van der Waals surface area contributed by atoms with Gasteiger partial charge in [-0.3, -0.25) is 14.5 Å². The molecule has 1 saturated heterocycles. The SMILES string of the molecule is CC(C)C1NC(=O)CN(c2cccc(F)c2F)C1=O. The van der Waals surface area contributed by atoms with E-state index in [1.165, 1.54) is 12.1 Å². The summed E-state index contributed by atoms with van der Waals surface area (Å²) in [7, 11) is 0. The molecule has 0 bridgehead atoms. The number of hydrogen-bond donors (Lipinski definition) is 1. The standard InChI is InChI=1S/C13H14F2N2O2/c1-7(2)12-13(19)17(6-10(18)16-12)9-5-3-4-8(14)11(9)15/h3-5,7,12H,6H2,1-2H3,(H,16,18). The maximum Gasteiger partial charge on any atom is 0.250 e. The quantitative estimate of drug-likeness (QED) is 0.882. The summed E-state index contributed by atoms with van der Waals surface area (Å²) < 4.78 is 26.9. The maximum atomic E-state index is 13.7. The summed E-state index contributed by atoms with van der Waals surface area (Å²) in [6.45, 7) is 3.24. The summed E-state index contributed by atoms with van der Waals surface area (Å²) in [6.07, 6.45) is 0. The molecule has 1 N–H and O–H groups in total. The Morgan fingerprint density at radius 3 is 2.63 bits per heavy atom. The van der Waals surface area contributed by atoms with E-state index < -0.39 is 23.6 Å². The van der Waals surface area contributed by atoms with Crippen molar-refractivity contribution in [1.82, 2.24) is 5.32 Å².